The lowest BCUT2D eigenvalue weighted by Crippen LogP contribution is -2.46. The highest BCUT2D eigenvalue weighted by Crippen LogP contribution is 2.41. The number of carbonyl (C=O) groups excluding carboxylic acids is 3. The van der Waals surface area contributed by atoms with Gasteiger partial charge in [0.2, 0.25) is 11.8 Å². The van der Waals surface area contributed by atoms with Crippen LogP contribution in [0.3, 0.4) is 0 Å². The van der Waals surface area contributed by atoms with E-state index in [2.05, 4.69) is 11.1 Å². The number of imide groups is 1. The third-order valence-electron chi connectivity index (χ3n) is 6.00. The van der Waals surface area contributed by atoms with Gasteiger partial charge in [-0.1, -0.05) is 48.2 Å². The predicted molar refractivity (Wildman–Crippen MR) is 123 cm³/mol. The van der Waals surface area contributed by atoms with Gasteiger partial charge in [0, 0.05) is 28.7 Å². The Hall–Kier alpha value is -3.26. The number of thioether (sulfide) groups is 1. The summed E-state index contributed by atoms with van der Waals surface area (Å²) in [6.07, 6.45) is 0.690. The molecule has 0 radical (unpaired) electrons. The number of nitrogens with zero attached hydrogens (tertiary/aromatic N) is 2. The lowest BCUT2D eigenvalue weighted by Gasteiger charge is -2.37. The van der Waals surface area contributed by atoms with Gasteiger partial charge in [0.15, 0.2) is 0 Å². The van der Waals surface area contributed by atoms with E-state index in [9.17, 15) is 14.4 Å². The number of amides is 3. The summed E-state index contributed by atoms with van der Waals surface area (Å²) in [5.41, 5.74) is 4.03. The maximum Gasteiger partial charge on any atom is 0.289 e. The molecular weight excluding hydrogens is 426 g/mol. The zero-order chi connectivity index (χ0) is 22.2. The standard InChI is InChI=1S/C24H23N3O4S/c1-2-31-19-10-6-4-8-17(19)23-22-16(15-7-3-5-9-18(15)25-22)11-12-26(23)20(28)13-27-21(29)14-32-24(27)30/h3-10,23,25H,2,11-14H2,1H3. The predicted octanol–water partition coefficient (Wildman–Crippen LogP) is 3.74. The molecule has 2 aromatic carbocycles. The summed E-state index contributed by atoms with van der Waals surface area (Å²) in [4.78, 5) is 44.0. The number of H-pyrrole nitrogens is 1. The van der Waals surface area contributed by atoms with Crippen molar-refractivity contribution in [2.45, 2.75) is 19.4 Å². The van der Waals surface area contributed by atoms with Gasteiger partial charge < -0.3 is 14.6 Å². The summed E-state index contributed by atoms with van der Waals surface area (Å²) in [6, 6.07) is 15.4. The fourth-order valence-electron chi connectivity index (χ4n) is 4.59. The maximum absolute atomic E-state index is 13.4. The number of fused-ring (bicyclic) bond motifs is 3. The van der Waals surface area contributed by atoms with Crippen LogP contribution >= 0.6 is 11.8 Å². The molecule has 0 bridgehead atoms. The van der Waals surface area contributed by atoms with E-state index in [4.69, 9.17) is 4.74 Å². The minimum Gasteiger partial charge on any atom is -0.494 e. The van der Waals surface area contributed by atoms with Crippen LogP contribution in [0, 0.1) is 0 Å². The van der Waals surface area contributed by atoms with Crippen molar-refractivity contribution >= 4 is 39.7 Å². The highest BCUT2D eigenvalue weighted by molar-refractivity contribution is 8.14. The van der Waals surface area contributed by atoms with E-state index in [1.165, 1.54) is 5.56 Å². The first kappa shape index (κ1) is 20.6. The number of rotatable bonds is 5. The zero-order valence-electron chi connectivity index (χ0n) is 17.7. The molecule has 1 aromatic heterocycles. The zero-order valence-corrected chi connectivity index (χ0v) is 18.5. The van der Waals surface area contributed by atoms with Crippen LogP contribution in [0.5, 0.6) is 5.75 Å². The summed E-state index contributed by atoms with van der Waals surface area (Å²) in [6.45, 7) is 2.68. The third-order valence-corrected chi connectivity index (χ3v) is 6.86. The van der Waals surface area contributed by atoms with Gasteiger partial charge in [0.25, 0.3) is 5.24 Å². The number of benzene rings is 2. The lowest BCUT2D eigenvalue weighted by molar-refractivity contribution is -0.138. The molecule has 1 unspecified atom stereocenters. The molecule has 2 aliphatic rings. The Morgan fingerprint density at radius 2 is 1.94 bits per heavy atom. The van der Waals surface area contributed by atoms with Crippen LogP contribution in [-0.2, 0) is 16.0 Å². The van der Waals surface area contributed by atoms with Gasteiger partial charge in [-0.25, -0.2) is 0 Å². The van der Waals surface area contributed by atoms with Crippen molar-refractivity contribution in [2.24, 2.45) is 0 Å². The van der Waals surface area contributed by atoms with E-state index < -0.39 is 6.04 Å². The molecule has 0 saturated carbocycles. The molecule has 0 spiro atoms. The molecule has 1 saturated heterocycles. The van der Waals surface area contributed by atoms with E-state index in [1.807, 2.05) is 49.4 Å². The van der Waals surface area contributed by atoms with Crippen molar-refractivity contribution in [2.75, 3.05) is 25.4 Å². The van der Waals surface area contributed by atoms with Crippen LogP contribution in [-0.4, -0.2) is 57.3 Å². The number of para-hydroxylation sites is 2. The maximum atomic E-state index is 13.4. The number of hydrogen-bond acceptors (Lipinski definition) is 5. The quantitative estimate of drug-likeness (QED) is 0.642. The van der Waals surface area contributed by atoms with Crippen LogP contribution in [0.15, 0.2) is 48.5 Å². The Bertz CT molecular complexity index is 1200. The summed E-state index contributed by atoms with van der Waals surface area (Å²) in [5.74, 6) is 0.237. The molecule has 5 rings (SSSR count). The van der Waals surface area contributed by atoms with Crippen molar-refractivity contribution in [1.29, 1.82) is 0 Å². The first-order chi connectivity index (χ1) is 15.6. The first-order valence-corrected chi connectivity index (χ1v) is 11.6. The third kappa shape index (κ3) is 3.44. The second-order valence-corrected chi connectivity index (χ2v) is 8.73. The Labute approximate surface area is 189 Å². The van der Waals surface area contributed by atoms with Crippen molar-refractivity contribution in [3.05, 3.63) is 65.4 Å². The summed E-state index contributed by atoms with van der Waals surface area (Å²) in [7, 11) is 0. The average molecular weight is 450 g/mol. The summed E-state index contributed by atoms with van der Waals surface area (Å²) >= 11 is 0.940. The molecule has 32 heavy (non-hydrogen) atoms. The van der Waals surface area contributed by atoms with Crippen LogP contribution < -0.4 is 4.74 Å². The Morgan fingerprint density at radius 1 is 1.16 bits per heavy atom. The molecule has 1 atom stereocenters. The van der Waals surface area contributed by atoms with Crippen molar-refractivity contribution in [3.8, 4) is 5.75 Å². The fourth-order valence-corrected chi connectivity index (χ4v) is 5.31. The van der Waals surface area contributed by atoms with E-state index in [-0.39, 0.29) is 29.4 Å². The van der Waals surface area contributed by atoms with Gasteiger partial charge in [0.1, 0.15) is 18.3 Å². The minimum atomic E-state index is -0.401. The number of ether oxygens (including phenoxy) is 1. The Balaban J connectivity index is 1.60. The van der Waals surface area contributed by atoms with Crippen LogP contribution in [0.25, 0.3) is 10.9 Å². The van der Waals surface area contributed by atoms with Crippen LogP contribution in [0.1, 0.15) is 29.8 Å². The second-order valence-electron chi connectivity index (χ2n) is 7.81. The summed E-state index contributed by atoms with van der Waals surface area (Å²) < 4.78 is 5.90. The van der Waals surface area contributed by atoms with Gasteiger partial charge in [-0.2, -0.15) is 0 Å². The van der Waals surface area contributed by atoms with Crippen molar-refractivity contribution in [1.82, 2.24) is 14.8 Å². The van der Waals surface area contributed by atoms with E-state index in [1.54, 1.807) is 4.90 Å². The molecule has 1 fully saturated rings. The average Bonchev–Trinajstić information content (AvgIpc) is 3.34. The van der Waals surface area contributed by atoms with Crippen molar-refractivity contribution < 1.29 is 19.1 Å². The molecular formula is C24H23N3O4S. The monoisotopic (exact) mass is 449 g/mol. The normalized spacial score (nSPS) is 18.3. The minimum absolute atomic E-state index is 0.0921. The van der Waals surface area contributed by atoms with Gasteiger partial charge in [-0.3, -0.25) is 19.3 Å². The molecule has 1 N–H and O–H groups in total. The smallest absolute Gasteiger partial charge is 0.289 e. The summed E-state index contributed by atoms with van der Waals surface area (Å²) in [5, 5.41) is 0.785. The number of nitrogens with one attached hydrogen (secondary N) is 1. The number of aromatic amines is 1. The molecule has 8 heteroatoms. The first-order valence-electron chi connectivity index (χ1n) is 10.7. The molecule has 3 amide bonds. The van der Waals surface area contributed by atoms with Crippen LogP contribution in [0.2, 0.25) is 0 Å². The number of carbonyl (C=O) groups is 3. The molecule has 7 nitrogen and oxygen atoms in total. The fraction of sp³-hybridized carbons (Fsp3) is 0.292. The topological polar surface area (TPSA) is 82.7 Å². The van der Waals surface area contributed by atoms with Gasteiger partial charge in [0.05, 0.1) is 12.4 Å². The van der Waals surface area contributed by atoms with Gasteiger partial charge in [-0.05, 0) is 31.0 Å². The lowest BCUT2D eigenvalue weighted by atomic mass is 9.91. The van der Waals surface area contributed by atoms with Crippen LogP contribution in [0.4, 0.5) is 4.79 Å². The Kier molecular flexibility index (Phi) is 5.38. The molecule has 164 valence electrons. The molecule has 0 aliphatic carbocycles. The van der Waals surface area contributed by atoms with E-state index in [0.717, 1.165) is 38.8 Å². The molecule has 3 aromatic rings. The second kappa shape index (κ2) is 8.35. The van der Waals surface area contributed by atoms with Crippen molar-refractivity contribution in [3.63, 3.8) is 0 Å². The number of hydrogen-bond donors (Lipinski definition) is 1. The highest BCUT2D eigenvalue weighted by Gasteiger charge is 2.39. The van der Waals surface area contributed by atoms with Gasteiger partial charge in [-0.15, -0.1) is 0 Å². The number of aromatic nitrogens is 1. The van der Waals surface area contributed by atoms with E-state index >= 15 is 0 Å². The SMILES string of the molecule is CCOc1ccccc1C1c2[nH]c3ccccc3c2CCN1C(=O)CN1C(=O)CSC1=O. The largest absolute Gasteiger partial charge is 0.494 e. The van der Waals surface area contributed by atoms with Gasteiger partial charge >= 0.3 is 0 Å². The molecule has 3 heterocycles. The Morgan fingerprint density at radius 3 is 2.72 bits per heavy atom. The molecule has 2 aliphatic heterocycles. The van der Waals surface area contributed by atoms with E-state index in [0.29, 0.717) is 25.3 Å². The highest BCUT2D eigenvalue weighted by atomic mass is 32.2.